The zero-order valence-corrected chi connectivity index (χ0v) is 15.9. The highest BCUT2D eigenvalue weighted by Gasteiger charge is 2.39. The summed E-state index contributed by atoms with van der Waals surface area (Å²) in [6.45, 7) is 2.02. The maximum absolute atomic E-state index is 6.24. The second-order valence-corrected chi connectivity index (χ2v) is 8.31. The molecule has 0 saturated heterocycles. The number of aromatic nitrogens is 3. The van der Waals surface area contributed by atoms with Gasteiger partial charge in [-0.25, -0.2) is 4.98 Å². The minimum atomic E-state index is -0.401. The van der Waals surface area contributed by atoms with Crippen LogP contribution in [0.25, 0.3) is 11.3 Å². The van der Waals surface area contributed by atoms with Gasteiger partial charge in [0.1, 0.15) is 0 Å². The molecule has 1 aromatic carbocycles. The summed E-state index contributed by atoms with van der Waals surface area (Å²) >= 11 is 7.54. The van der Waals surface area contributed by atoms with Crippen LogP contribution in [-0.4, -0.2) is 15.1 Å². The molecule has 136 valence electrons. The summed E-state index contributed by atoms with van der Waals surface area (Å²) in [5.41, 5.74) is 6.79. The third-order valence-corrected chi connectivity index (χ3v) is 5.99. The van der Waals surface area contributed by atoms with Gasteiger partial charge in [0.15, 0.2) is 11.6 Å². The molecule has 0 bridgehead atoms. The van der Waals surface area contributed by atoms with Crippen LogP contribution in [-0.2, 0) is 11.3 Å². The maximum Gasteiger partial charge on any atom is 0.239 e. The molecule has 2 N–H and O–H groups in total. The Kier molecular flexibility index (Phi) is 4.77. The van der Waals surface area contributed by atoms with E-state index in [4.69, 9.17) is 26.3 Å². The first-order chi connectivity index (χ1) is 12.5. The van der Waals surface area contributed by atoms with Gasteiger partial charge in [0.25, 0.3) is 0 Å². The first kappa shape index (κ1) is 17.6. The predicted molar refractivity (Wildman–Crippen MR) is 101 cm³/mol. The molecule has 1 aliphatic rings. The molecule has 0 aliphatic heterocycles. The predicted octanol–water partition coefficient (Wildman–Crippen LogP) is 4.71. The number of hydrogen-bond acceptors (Lipinski definition) is 7. The number of rotatable bonds is 6. The Morgan fingerprint density at radius 3 is 2.77 bits per heavy atom. The zero-order chi connectivity index (χ0) is 18.1. The molecule has 1 atom stereocenters. The fraction of sp³-hybridized carbons (Fsp3) is 0.389. The van der Waals surface area contributed by atoms with Gasteiger partial charge in [0.2, 0.25) is 11.8 Å². The third-order valence-electron chi connectivity index (χ3n) is 4.62. The number of hydrogen-bond donors (Lipinski definition) is 1. The Labute approximate surface area is 160 Å². The fourth-order valence-corrected chi connectivity index (χ4v) is 3.67. The monoisotopic (exact) mass is 390 g/mol. The molecule has 6 nitrogen and oxygen atoms in total. The lowest BCUT2D eigenvalue weighted by atomic mass is 9.77. The van der Waals surface area contributed by atoms with E-state index in [1.54, 1.807) is 18.0 Å². The molecule has 4 rings (SSSR count). The molecule has 0 amide bonds. The molecule has 0 radical (unpaired) electrons. The lowest BCUT2D eigenvalue weighted by molar-refractivity contribution is 0.229. The van der Waals surface area contributed by atoms with Crippen LogP contribution in [0.5, 0.6) is 0 Å². The first-order valence-corrected chi connectivity index (χ1v) is 9.91. The first-order valence-electron chi connectivity index (χ1n) is 8.49. The van der Waals surface area contributed by atoms with Gasteiger partial charge < -0.3 is 14.7 Å². The van der Waals surface area contributed by atoms with E-state index in [9.17, 15) is 0 Å². The number of halogens is 1. The number of nitrogens with zero attached hydrogens (tertiary/aromatic N) is 3. The minimum Gasteiger partial charge on any atom is -0.440 e. The van der Waals surface area contributed by atoms with Crippen molar-refractivity contribution in [1.29, 1.82) is 0 Å². The van der Waals surface area contributed by atoms with Crippen LogP contribution < -0.4 is 5.73 Å². The summed E-state index contributed by atoms with van der Waals surface area (Å²) in [5, 5.41) is 4.79. The van der Waals surface area contributed by atoms with Crippen molar-refractivity contribution in [1.82, 2.24) is 15.1 Å². The van der Waals surface area contributed by atoms with Gasteiger partial charge in [-0.2, -0.15) is 4.98 Å². The number of benzene rings is 1. The van der Waals surface area contributed by atoms with Gasteiger partial charge >= 0.3 is 0 Å². The molecule has 1 saturated carbocycles. The van der Waals surface area contributed by atoms with Crippen LogP contribution in [0.3, 0.4) is 0 Å². The number of thioether (sulfide) groups is 1. The van der Waals surface area contributed by atoms with Crippen molar-refractivity contribution in [2.24, 2.45) is 5.73 Å². The van der Waals surface area contributed by atoms with Crippen molar-refractivity contribution in [2.45, 2.75) is 42.7 Å². The summed E-state index contributed by atoms with van der Waals surface area (Å²) in [4.78, 5) is 8.83. The minimum absolute atomic E-state index is 0.0332. The smallest absolute Gasteiger partial charge is 0.239 e. The highest BCUT2D eigenvalue weighted by Crippen LogP contribution is 2.38. The van der Waals surface area contributed by atoms with Crippen molar-refractivity contribution in [2.75, 3.05) is 0 Å². The van der Waals surface area contributed by atoms with Gasteiger partial charge in [-0.05, 0) is 50.5 Å². The lowest BCUT2D eigenvalue weighted by Crippen LogP contribution is -2.44. The van der Waals surface area contributed by atoms with E-state index in [1.807, 2.05) is 31.2 Å². The molecule has 2 aromatic heterocycles. The quantitative estimate of drug-likeness (QED) is 0.651. The highest BCUT2D eigenvalue weighted by molar-refractivity contribution is 7.98. The fourth-order valence-electron chi connectivity index (χ4n) is 2.78. The van der Waals surface area contributed by atoms with Crippen molar-refractivity contribution < 1.29 is 8.94 Å². The lowest BCUT2D eigenvalue weighted by Gasteiger charge is -2.34. The molecular formula is C18H19ClN4O2S. The van der Waals surface area contributed by atoms with Gasteiger partial charge in [-0.3, -0.25) is 0 Å². The van der Waals surface area contributed by atoms with Gasteiger partial charge in [0.05, 0.1) is 22.7 Å². The average Bonchev–Trinajstić information content (AvgIpc) is 3.28. The summed E-state index contributed by atoms with van der Waals surface area (Å²) < 4.78 is 11.2. The van der Waals surface area contributed by atoms with Crippen LogP contribution in [0.1, 0.15) is 49.0 Å². The normalized spacial score (nSPS) is 17.0. The molecule has 1 fully saturated rings. The summed E-state index contributed by atoms with van der Waals surface area (Å²) in [7, 11) is 0. The highest BCUT2D eigenvalue weighted by atomic mass is 35.5. The maximum atomic E-state index is 6.24. The van der Waals surface area contributed by atoms with Crippen LogP contribution in [0, 0.1) is 0 Å². The Balaban J connectivity index is 1.37. The van der Waals surface area contributed by atoms with E-state index in [0.29, 0.717) is 28.4 Å². The van der Waals surface area contributed by atoms with Crippen LogP contribution >= 0.6 is 23.4 Å². The summed E-state index contributed by atoms with van der Waals surface area (Å²) in [5.74, 6) is 3.19. The molecule has 1 unspecified atom stereocenters. The van der Waals surface area contributed by atoms with E-state index >= 15 is 0 Å². The van der Waals surface area contributed by atoms with Crippen molar-refractivity contribution >= 4 is 23.4 Å². The van der Waals surface area contributed by atoms with Crippen molar-refractivity contribution in [3.63, 3.8) is 0 Å². The molecular weight excluding hydrogens is 372 g/mol. The van der Waals surface area contributed by atoms with Gasteiger partial charge in [0, 0.05) is 10.6 Å². The van der Waals surface area contributed by atoms with Gasteiger partial charge in [-0.15, -0.1) is 11.8 Å². The summed E-state index contributed by atoms with van der Waals surface area (Å²) in [6, 6.07) is 7.47. The second-order valence-electron chi connectivity index (χ2n) is 6.54. The largest absolute Gasteiger partial charge is 0.440 e. The molecule has 26 heavy (non-hydrogen) atoms. The second kappa shape index (κ2) is 7.06. The van der Waals surface area contributed by atoms with E-state index in [2.05, 4.69) is 15.1 Å². The number of oxazole rings is 1. The zero-order valence-electron chi connectivity index (χ0n) is 14.3. The van der Waals surface area contributed by atoms with E-state index in [1.165, 1.54) is 0 Å². The molecule has 3 aromatic rings. The van der Waals surface area contributed by atoms with Crippen LogP contribution in [0.4, 0.5) is 0 Å². The Bertz CT molecular complexity index is 889. The Morgan fingerprint density at radius 1 is 1.31 bits per heavy atom. The van der Waals surface area contributed by atoms with E-state index in [0.717, 1.165) is 30.6 Å². The Hall–Kier alpha value is -1.83. The van der Waals surface area contributed by atoms with Crippen LogP contribution in [0.2, 0.25) is 5.02 Å². The average molecular weight is 391 g/mol. The standard InChI is InChI=1S/C18H19ClN4O2S/c1-11(16-22-17(23-25-16)18(20)7-2-8-18)26-10-15-21-9-14(24-15)12-3-5-13(19)6-4-12/h3-6,9,11H,2,7-8,10,20H2,1H3. The van der Waals surface area contributed by atoms with E-state index in [-0.39, 0.29) is 5.25 Å². The SMILES string of the molecule is CC(SCc1ncc(-c2ccc(Cl)cc2)o1)c1nc(C2(N)CCC2)no1. The van der Waals surface area contributed by atoms with Crippen molar-refractivity contribution in [3.05, 3.63) is 53.1 Å². The number of nitrogens with two attached hydrogens (primary N) is 1. The third kappa shape index (κ3) is 3.51. The molecule has 8 heteroatoms. The molecule has 1 aliphatic carbocycles. The van der Waals surface area contributed by atoms with Gasteiger partial charge in [-0.1, -0.05) is 16.8 Å². The molecule has 0 spiro atoms. The topological polar surface area (TPSA) is 91.0 Å². The summed E-state index contributed by atoms with van der Waals surface area (Å²) in [6.07, 6.45) is 4.67. The van der Waals surface area contributed by atoms with Crippen LogP contribution in [0.15, 0.2) is 39.4 Å². The van der Waals surface area contributed by atoms with Crippen molar-refractivity contribution in [3.8, 4) is 11.3 Å². The van der Waals surface area contributed by atoms with E-state index < -0.39 is 5.54 Å². The molecule has 2 heterocycles. The Morgan fingerprint density at radius 2 is 2.08 bits per heavy atom.